The number of rotatable bonds is 5. The smallest absolute Gasteiger partial charge is 0.258 e. The first-order valence-electron chi connectivity index (χ1n) is 7.96. The molecule has 1 amide bonds. The average Bonchev–Trinajstić information content (AvgIpc) is 3.10. The number of hydrogen-bond donors (Lipinski definition) is 1. The van der Waals surface area contributed by atoms with E-state index in [1.54, 1.807) is 25.5 Å². The molecule has 0 atom stereocenters. The highest BCUT2D eigenvalue weighted by Crippen LogP contribution is 2.21. The van der Waals surface area contributed by atoms with Gasteiger partial charge in [-0.05, 0) is 25.8 Å². The summed E-state index contributed by atoms with van der Waals surface area (Å²) in [6, 6.07) is 1.76. The van der Waals surface area contributed by atoms with Gasteiger partial charge >= 0.3 is 0 Å². The van der Waals surface area contributed by atoms with Crippen LogP contribution in [0.25, 0.3) is 11.1 Å². The topological polar surface area (TPSA) is 85.8 Å². The first kappa shape index (κ1) is 16.2. The molecule has 7 heteroatoms. The Morgan fingerprint density at radius 1 is 1.38 bits per heavy atom. The van der Waals surface area contributed by atoms with Crippen LogP contribution >= 0.6 is 0 Å². The summed E-state index contributed by atoms with van der Waals surface area (Å²) in [4.78, 5) is 21.1. The van der Waals surface area contributed by atoms with Gasteiger partial charge in [-0.2, -0.15) is 0 Å². The Morgan fingerprint density at radius 2 is 2.17 bits per heavy atom. The summed E-state index contributed by atoms with van der Waals surface area (Å²) in [5.74, 6) is 0.338. The minimum absolute atomic E-state index is 0.172. The summed E-state index contributed by atoms with van der Waals surface area (Å²) in [6.07, 6.45) is 3.57. The van der Waals surface area contributed by atoms with Crippen LogP contribution in [0.3, 0.4) is 0 Å². The molecule has 3 aromatic rings. The van der Waals surface area contributed by atoms with Crippen LogP contribution in [0, 0.1) is 19.8 Å². The Balaban J connectivity index is 1.81. The minimum Gasteiger partial charge on any atom is -0.346 e. The van der Waals surface area contributed by atoms with E-state index in [1.165, 1.54) is 0 Å². The molecule has 0 spiro atoms. The summed E-state index contributed by atoms with van der Waals surface area (Å²) in [5, 5.41) is 7.52. The van der Waals surface area contributed by atoms with E-state index in [0.29, 0.717) is 40.5 Å². The lowest BCUT2D eigenvalue weighted by Gasteiger charge is -2.11. The molecule has 0 aliphatic heterocycles. The number of pyridine rings is 1. The lowest BCUT2D eigenvalue weighted by atomic mass is 10.1. The zero-order valence-corrected chi connectivity index (χ0v) is 14.3. The molecule has 1 N–H and O–H groups in total. The number of amides is 1. The van der Waals surface area contributed by atoms with Crippen LogP contribution in [-0.2, 0) is 13.1 Å². The standard InChI is InChI=1S/C17H21N5O2/c1-10(2)8-22-9-18-6-13(22)7-19-16(23)14-5-11(3)20-17-15(14)12(4)21-24-17/h5-6,9-10H,7-8H2,1-4H3,(H,19,23). The quantitative estimate of drug-likeness (QED) is 0.778. The molecule has 0 saturated carbocycles. The summed E-state index contributed by atoms with van der Waals surface area (Å²) < 4.78 is 7.24. The fourth-order valence-corrected chi connectivity index (χ4v) is 2.72. The Bertz CT molecular complexity index is 878. The van der Waals surface area contributed by atoms with Gasteiger partial charge in [0, 0.05) is 18.4 Å². The first-order chi connectivity index (χ1) is 11.5. The van der Waals surface area contributed by atoms with Crippen molar-refractivity contribution >= 4 is 17.0 Å². The molecule has 3 aromatic heterocycles. The molecule has 0 aliphatic rings. The van der Waals surface area contributed by atoms with Crippen LogP contribution in [0.1, 0.15) is 41.3 Å². The van der Waals surface area contributed by atoms with Gasteiger partial charge in [0.25, 0.3) is 11.6 Å². The van der Waals surface area contributed by atoms with E-state index in [4.69, 9.17) is 4.52 Å². The van der Waals surface area contributed by atoms with Crippen LogP contribution < -0.4 is 5.32 Å². The number of aromatic nitrogens is 4. The van der Waals surface area contributed by atoms with E-state index in [1.807, 2.05) is 6.92 Å². The predicted octanol–water partition coefficient (Wildman–Crippen LogP) is 2.62. The average molecular weight is 327 g/mol. The molecule has 126 valence electrons. The third-order valence-corrected chi connectivity index (χ3v) is 3.78. The van der Waals surface area contributed by atoms with Crippen molar-refractivity contribution in [2.75, 3.05) is 0 Å². The van der Waals surface area contributed by atoms with Gasteiger partial charge in [0.15, 0.2) is 0 Å². The molecular weight excluding hydrogens is 306 g/mol. The number of nitrogens with zero attached hydrogens (tertiary/aromatic N) is 4. The molecule has 24 heavy (non-hydrogen) atoms. The zero-order valence-electron chi connectivity index (χ0n) is 14.3. The van der Waals surface area contributed by atoms with Crippen molar-refractivity contribution in [3.05, 3.63) is 41.2 Å². The maximum atomic E-state index is 12.7. The van der Waals surface area contributed by atoms with Crippen molar-refractivity contribution in [3.63, 3.8) is 0 Å². The third kappa shape index (κ3) is 3.15. The highest BCUT2D eigenvalue weighted by atomic mass is 16.5. The van der Waals surface area contributed by atoms with Gasteiger partial charge in [0.1, 0.15) is 0 Å². The molecule has 3 heterocycles. The monoisotopic (exact) mass is 327 g/mol. The molecule has 0 fully saturated rings. The maximum Gasteiger partial charge on any atom is 0.258 e. The van der Waals surface area contributed by atoms with Crippen molar-refractivity contribution in [2.45, 2.75) is 40.8 Å². The molecular formula is C17H21N5O2. The largest absolute Gasteiger partial charge is 0.346 e. The van der Waals surface area contributed by atoms with Crippen molar-refractivity contribution in [1.82, 2.24) is 25.0 Å². The van der Waals surface area contributed by atoms with Crippen LogP contribution in [0.15, 0.2) is 23.1 Å². The Kier molecular flexibility index (Phi) is 4.33. The van der Waals surface area contributed by atoms with Crippen molar-refractivity contribution in [3.8, 4) is 0 Å². The van der Waals surface area contributed by atoms with Crippen LogP contribution in [-0.4, -0.2) is 25.6 Å². The fraction of sp³-hybridized carbons (Fsp3) is 0.412. The summed E-state index contributed by atoms with van der Waals surface area (Å²) in [6.45, 7) is 9.21. The van der Waals surface area contributed by atoms with E-state index in [2.05, 4.69) is 38.9 Å². The van der Waals surface area contributed by atoms with Crippen molar-refractivity contribution in [1.29, 1.82) is 0 Å². The number of hydrogen-bond acceptors (Lipinski definition) is 5. The zero-order chi connectivity index (χ0) is 17.3. The maximum absolute atomic E-state index is 12.7. The van der Waals surface area contributed by atoms with Gasteiger partial charge in [-0.25, -0.2) is 9.97 Å². The molecule has 0 aliphatic carbocycles. The van der Waals surface area contributed by atoms with Crippen LogP contribution in [0.4, 0.5) is 0 Å². The highest BCUT2D eigenvalue weighted by Gasteiger charge is 2.18. The number of fused-ring (bicyclic) bond motifs is 1. The second kappa shape index (κ2) is 6.43. The minimum atomic E-state index is -0.172. The Hall–Kier alpha value is -2.70. The fourth-order valence-electron chi connectivity index (χ4n) is 2.72. The molecule has 0 unspecified atom stereocenters. The van der Waals surface area contributed by atoms with E-state index in [0.717, 1.165) is 12.2 Å². The third-order valence-electron chi connectivity index (χ3n) is 3.78. The Labute approximate surface area is 140 Å². The van der Waals surface area contributed by atoms with Gasteiger partial charge in [-0.1, -0.05) is 19.0 Å². The molecule has 0 aromatic carbocycles. The van der Waals surface area contributed by atoms with Gasteiger partial charge in [-0.3, -0.25) is 4.79 Å². The lowest BCUT2D eigenvalue weighted by Crippen LogP contribution is -2.25. The van der Waals surface area contributed by atoms with E-state index in [-0.39, 0.29) is 5.91 Å². The molecule has 0 bridgehead atoms. The summed E-state index contributed by atoms with van der Waals surface area (Å²) in [5.41, 5.74) is 3.27. The second-order valence-electron chi connectivity index (χ2n) is 6.37. The number of carbonyl (C=O) groups is 1. The highest BCUT2D eigenvalue weighted by molar-refractivity contribution is 6.05. The number of carbonyl (C=O) groups excluding carboxylic acids is 1. The normalized spacial score (nSPS) is 11.4. The van der Waals surface area contributed by atoms with Crippen molar-refractivity contribution < 1.29 is 9.32 Å². The van der Waals surface area contributed by atoms with Crippen molar-refractivity contribution in [2.24, 2.45) is 5.92 Å². The lowest BCUT2D eigenvalue weighted by molar-refractivity contribution is 0.0951. The Morgan fingerprint density at radius 3 is 2.92 bits per heavy atom. The van der Waals surface area contributed by atoms with Gasteiger partial charge in [0.2, 0.25) is 0 Å². The van der Waals surface area contributed by atoms with Gasteiger partial charge in [-0.15, -0.1) is 0 Å². The number of imidazole rings is 1. The van der Waals surface area contributed by atoms with E-state index >= 15 is 0 Å². The molecule has 0 saturated heterocycles. The summed E-state index contributed by atoms with van der Waals surface area (Å²) >= 11 is 0. The van der Waals surface area contributed by atoms with Gasteiger partial charge < -0.3 is 14.4 Å². The van der Waals surface area contributed by atoms with E-state index in [9.17, 15) is 4.79 Å². The van der Waals surface area contributed by atoms with E-state index < -0.39 is 0 Å². The van der Waals surface area contributed by atoms with Gasteiger partial charge in [0.05, 0.1) is 35.2 Å². The van der Waals surface area contributed by atoms with Crippen LogP contribution in [0.2, 0.25) is 0 Å². The molecule has 0 radical (unpaired) electrons. The summed E-state index contributed by atoms with van der Waals surface area (Å²) in [7, 11) is 0. The number of aryl methyl sites for hydroxylation is 2. The molecule has 3 rings (SSSR count). The van der Waals surface area contributed by atoms with Crippen LogP contribution in [0.5, 0.6) is 0 Å². The first-order valence-corrected chi connectivity index (χ1v) is 7.96. The number of nitrogens with one attached hydrogen (secondary N) is 1. The SMILES string of the molecule is Cc1cc(C(=O)NCc2cncn2CC(C)C)c2c(C)noc2n1. The second-order valence-corrected chi connectivity index (χ2v) is 6.37. The molecule has 7 nitrogen and oxygen atoms in total. The predicted molar refractivity (Wildman–Crippen MR) is 89.5 cm³/mol.